The lowest BCUT2D eigenvalue weighted by Gasteiger charge is -2.32. The average Bonchev–Trinajstić information content (AvgIpc) is 3.56. The van der Waals surface area contributed by atoms with Crippen LogP contribution in [0.15, 0.2) is 36.5 Å². The Morgan fingerprint density at radius 1 is 1.19 bits per heavy atom. The van der Waals surface area contributed by atoms with Crippen molar-refractivity contribution in [1.29, 1.82) is 0 Å². The molecule has 4 heterocycles. The standard InChI is InChI=1S/C24H24F2N8O2/c1-14(35)33-9-3-6-20(33)24(36)32-10-7-15(8-11-32)16-12-17(22(27)28-13-16)23-29-30-31-34(23)19-5-2-4-18(25)21(19)26/h2,4-5,7,12-13,20H,3,6,8-11H2,1H3,(H2,27,28)/t20-/m0/s1. The van der Waals surface area contributed by atoms with Crippen LogP contribution in [0.4, 0.5) is 14.6 Å². The summed E-state index contributed by atoms with van der Waals surface area (Å²) in [7, 11) is 0. The first-order valence-corrected chi connectivity index (χ1v) is 11.6. The summed E-state index contributed by atoms with van der Waals surface area (Å²) >= 11 is 0. The third-order valence-electron chi connectivity index (χ3n) is 6.62. The highest BCUT2D eigenvalue weighted by Crippen LogP contribution is 2.31. The number of nitrogens with two attached hydrogens (primary N) is 1. The number of likely N-dealkylation sites (tertiary alicyclic amines) is 1. The second-order valence-corrected chi connectivity index (χ2v) is 8.78. The zero-order valence-corrected chi connectivity index (χ0v) is 19.6. The largest absolute Gasteiger partial charge is 0.383 e. The van der Waals surface area contributed by atoms with E-state index in [-0.39, 0.29) is 29.1 Å². The number of halogens is 2. The van der Waals surface area contributed by atoms with Gasteiger partial charge in [-0.05, 0) is 59.0 Å². The number of pyridine rings is 1. The SMILES string of the molecule is CC(=O)N1CCC[C@H]1C(=O)N1CC=C(c2cnc(N)c(-c3nnnn3-c3cccc(F)c3F)c2)CC1. The van der Waals surface area contributed by atoms with Crippen LogP contribution in [0.2, 0.25) is 0 Å². The highest BCUT2D eigenvalue weighted by molar-refractivity contribution is 5.88. The van der Waals surface area contributed by atoms with Crippen molar-refractivity contribution in [1.82, 2.24) is 35.0 Å². The Kier molecular flexibility index (Phi) is 6.17. The summed E-state index contributed by atoms with van der Waals surface area (Å²) in [5.74, 6) is -1.98. The summed E-state index contributed by atoms with van der Waals surface area (Å²) in [6, 6.07) is 5.08. The lowest BCUT2D eigenvalue weighted by Crippen LogP contribution is -2.48. The molecule has 12 heteroatoms. The minimum atomic E-state index is -1.08. The van der Waals surface area contributed by atoms with Crippen LogP contribution in [-0.4, -0.2) is 72.5 Å². The summed E-state index contributed by atoms with van der Waals surface area (Å²) in [5, 5.41) is 11.4. The van der Waals surface area contributed by atoms with Crippen LogP contribution < -0.4 is 5.73 Å². The van der Waals surface area contributed by atoms with Crippen LogP contribution in [0.3, 0.4) is 0 Å². The Balaban J connectivity index is 1.40. The van der Waals surface area contributed by atoms with Crippen molar-refractivity contribution in [3.8, 4) is 17.1 Å². The van der Waals surface area contributed by atoms with Crippen molar-refractivity contribution in [2.75, 3.05) is 25.4 Å². The monoisotopic (exact) mass is 494 g/mol. The molecule has 5 rings (SSSR count). The number of hydrogen-bond acceptors (Lipinski definition) is 7. The van der Waals surface area contributed by atoms with Crippen molar-refractivity contribution in [3.05, 3.63) is 53.7 Å². The van der Waals surface area contributed by atoms with Gasteiger partial charge in [0.2, 0.25) is 11.8 Å². The molecule has 2 amide bonds. The summed E-state index contributed by atoms with van der Waals surface area (Å²) in [6.45, 7) is 3.01. The molecule has 0 aliphatic carbocycles. The van der Waals surface area contributed by atoms with E-state index in [1.165, 1.54) is 19.1 Å². The highest BCUT2D eigenvalue weighted by atomic mass is 19.2. The third-order valence-corrected chi connectivity index (χ3v) is 6.62. The van der Waals surface area contributed by atoms with Crippen molar-refractivity contribution in [3.63, 3.8) is 0 Å². The second-order valence-electron chi connectivity index (χ2n) is 8.78. The van der Waals surface area contributed by atoms with Crippen molar-refractivity contribution >= 4 is 23.2 Å². The van der Waals surface area contributed by atoms with Crippen LogP contribution in [-0.2, 0) is 9.59 Å². The minimum Gasteiger partial charge on any atom is -0.383 e. The zero-order chi connectivity index (χ0) is 25.4. The van der Waals surface area contributed by atoms with Gasteiger partial charge in [-0.15, -0.1) is 5.10 Å². The number of nitrogens with zero attached hydrogens (tertiary/aromatic N) is 7. The summed E-state index contributed by atoms with van der Waals surface area (Å²) in [6.07, 6.45) is 5.64. The maximum Gasteiger partial charge on any atom is 0.245 e. The van der Waals surface area contributed by atoms with Gasteiger partial charge in [-0.25, -0.2) is 13.8 Å². The molecular weight excluding hydrogens is 470 g/mol. The molecule has 2 aliphatic heterocycles. The average molecular weight is 495 g/mol. The van der Waals surface area contributed by atoms with E-state index in [9.17, 15) is 18.4 Å². The molecule has 0 bridgehead atoms. The summed E-state index contributed by atoms with van der Waals surface area (Å²) in [5.41, 5.74) is 8.02. The smallest absolute Gasteiger partial charge is 0.245 e. The van der Waals surface area contributed by atoms with Crippen LogP contribution >= 0.6 is 0 Å². The second kappa shape index (κ2) is 9.44. The Hall–Kier alpha value is -4.22. The van der Waals surface area contributed by atoms with Gasteiger partial charge < -0.3 is 15.5 Å². The molecule has 1 fully saturated rings. The number of rotatable bonds is 4. The normalized spacial score (nSPS) is 17.9. The molecule has 1 aromatic carbocycles. The van der Waals surface area contributed by atoms with E-state index < -0.39 is 17.7 Å². The molecule has 0 radical (unpaired) electrons. The van der Waals surface area contributed by atoms with Gasteiger partial charge in [0.05, 0.1) is 5.56 Å². The maximum atomic E-state index is 14.4. The Morgan fingerprint density at radius 2 is 2.03 bits per heavy atom. The van der Waals surface area contributed by atoms with Gasteiger partial charge in [-0.1, -0.05) is 12.1 Å². The van der Waals surface area contributed by atoms with E-state index in [1.807, 2.05) is 6.08 Å². The fourth-order valence-corrected chi connectivity index (χ4v) is 4.75. The van der Waals surface area contributed by atoms with Gasteiger partial charge in [0.15, 0.2) is 17.5 Å². The zero-order valence-electron chi connectivity index (χ0n) is 19.6. The van der Waals surface area contributed by atoms with E-state index in [4.69, 9.17) is 5.73 Å². The Labute approximate surface area is 205 Å². The van der Waals surface area contributed by atoms with Gasteiger partial charge in [0.1, 0.15) is 17.5 Å². The lowest BCUT2D eigenvalue weighted by atomic mass is 9.98. The van der Waals surface area contributed by atoms with Crippen LogP contribution in [0, 0.1) is 11.6 Å². The van der Waals surface area contributed by atoms with Crippen molar-refractivity contribution in [2.24, 2.45) is 0 Å². The van der Waals surface area contributed by atoms with E-state index in [2.05, 4.69) is 20.5 Å². The molecule has 0 spiro atoms. The fourth-order valence-electron chi connectivity index (χ4n) is 4.75. The van der Waals surface area contributed by atoms with Gasteiger partial charge in [0, 0.05) is 32.8 Å². The molecule has 0 saturated carbocycles. The molecule has 3 aromatic rings. The van der Waals surface area contributed by atoms with Crippen LogP contribution in [0.5, 0.6) is 0 Å². The number of nitrogen functional groups attached to an aromatic ring is 1. The molecular formula is C24H24F2N8O2. The number of aromatic nitrogens is 5. The highest BCUT2D eigenvalue weighted by Gasteiger charge is 2.35. The molecule has 10 nitrogen and oxygen atoms in total. The number of anilines is 1. The number of carbonyl (C=O) groups excluding carboxylic acids is 2. The predicted octanol–water partition coefficient (Wildman–Crippen LogP) is 2.21. The number of tetrazole rings is 1. The minimum absolute atomic E-state index is 0.0367. The number of hydrogen-bond donors (Lipinski definition) is 1. The molecule has 2 aliphatic rings. The quantitative estimate of drug-likeness (QED) is 0.590. The van der Waals surface area contributed by atoms with E-state index in [1.54, 1.807) is 22.1 Å². The third kappa shape index (κ3) is 4.18. The van der Waals surface area contributed by atoms with Gasteiger partial charge in [0.25, 0.3) is 0 Å². The molecule has 1 atom stereocenters. The van der Waals surface area contributed by atoms with Crippen LogP contribution in [0.1, 0.15) is 31.7 Å². The van der Waals surface area contributed by atoms with Crippen molar-refractivity contribution in [2.45, 2.75) is 32.2 Å². The predicted molar refractivity (Wildman–Crippen MR) is 126 cm³/mol. The number of benzene rings is 1. The molecule has 2 N–H and O–H groups in total. The molecule has 2 aromatic heterocycles. The van der Waals surface area contributed by atoms with Gasteiger partial charge in [-0.3, -0.25) is 9.59 Å². The molecule has 0 unspecified atom stereocenters. The first-order chi connectivity index (χ1) is 17.3. The topological polar surface area (TPSA) is 123 Å². The maximum absolute atomic E-state index is 14.4. The van der Waals surface area contributed by atoms with E-state index in [0.717, 1.165) is 28.3 Å². The fraction of sp³-hybridized carbons (Fsp3) is 0.333. The molecule has 1 saturated heterocycles. The van der Waals surface area contributed by atoms with Gasteiger partial charge in [-0.2, -0.15) is 4.68 Å². The summed E-state index contributed by atoms with van der Waals surface area (Å²) < 4.78 is 29.3. The van der Waals surface area contributed by atoms with Crippen LogP contribution in [0.25, 0.3) is 22.6 Å². The number of amides is 2. The first-order valence-electron chi connectivity index (χ1n) is 11.6. The van der Waals surface area contributed by atoms with Crippen molar-refractivity contribution < 1.29 is 18.4 Å². The Morgan fingerprint density at radius 3 is 2.78 bits per heavy atom. The van der Waals surface area contributed by atoms with E-state index >= 15 is 0 Å². The number of carbonyl (C=O) groups is 2. The molecule has 36 heavy (non-hydrogen) atoms. The van der Waals surface area contributed by atoms with Gasteiger partial charge >= 0.3 is 0 Å². The summed E-state index contributed by atoms with van der Waals surface area (Å²) in [4.78, 5) is 32.6. The first kappa shape index (κ1) is 23.5. The Bertz CT molecular complexity index is 1370. The molecule has 186 valence electrons. The van der Waals surface area contributed by atoms with E-state index in [0.29, 0.717) is 38.0 Å². The lowest BCUT2D eigenvalue weighted by molar-refractivity contribution is -0.142.